The van der Waals surface area contributed by atoms with Gasteiger partial charge in [0, 0.05) is 20.3 Å². The van der Waals surface area contributed by atoms with Gasteiger partial charge in [-0.15, -0.1) is 0 Å². The Hall–Kier alpha value is -2.82. The number of ether oxygens (including phenoxy) is 3. The first-order chi connectivity index (χ1) is 11.8. The molecule has 11 heteroatoms. The summed E-state index contributed by atoms with van der Waals surface area (Å²) < 4.78 is 16.0. The number of nitrogens with two attached hydrogens (primary N) is 1. The Kier molecular flexibility index (Phi) is 4.49. The Bertz CT molecular complexity index is 702. The third kappa shape index (κ3) is 3.50. The Labute approximate surface area is 142 Å². The first-order valence-electron chi connectivity index (χ1n) is 7.59. The van der Waals surface area contributed by atoms with Crippen molar-refractivity contribution in [3.8, 4) is 0 Å². The van der Waals surface area contributed by atoms with Gasteiger partial charge in [0.1, 0.15) is 25.0 Å². The standard InChI is InChI=1S/C14H17N5O6/c1-6(20)23-4-9-8(24-7(2)21)3-10(25-9)19-5-16-11-12(19)17-14(15)18-13(11)22/h5,8-11H,3-4H2,1-2H3,(H2,15,18,22)/t8-,9-,10-,11?/m1/s1. The van der Waals surface area contributed by atoms with Crippen molar-refractivity contribution >= 4 is 36.0 Å². The highest BCUT2D eigenvalue weighted by atomic mass is 16.6. The topological polar surface area (TPSA) is 145 Å². The summed E-state index contributed by atoms with van der Waals surface area (Å²) in [6.45, 7) is 2.49. The molecule has 1 fully saturated rings. The molecular weight excluding hydrogens is 334 g/mol. The minimum absolute atomic E-state index is 0.0623. The summed E-state index contributed by atoms with van der Waals surface area (Å²) in [5.74, 6) is -1.30. The number of carbonyl (C=O) groups excluding carboxylic acids is 3. The molecule has 0 aliphatic carbocycles. The third-order valence-corrected chi connectivity index (χ3v) is 3.80. The molecule has 0 aromatic rings. The lowest BCUT2D eigenvalue weighted by atomic mass is 10.1. The molecule has 3 heterocycles. The van der Waals surface area contributed by atoms with E-state index in [4.69, 9.17) is 19.9 Å². The SMILES string of the molecule is CC(=O)OC[C@H]1O[C@@H](N2C=NC3C(=O)N=C(N)N=C32)C[C@H]1OC(C)=O. The second-order valence-electron chi connectivity index (χ2n) is 5.67. The van der Waals surface area contributed by atoms with Crippen LogP contribution in [0.25, 0.3) is 0 Å². The number of amides is 1. The van der Waals surface area contributed by atoms with Crippen LogP contribution in [0, 0.1) is 0 Å². The molecule has 0 radical (unpaired) electrons. The minimum atomic E-state index is -0.851. The molecule has 1 amide bonds. The van der Waals surface area contributed by atoms with E-state index >= 15 is 0 Å². The van der Waals surface area contributed by atoms with Gasteiger partial charge in [0.2, 0.25) is 5.96 Å². The summed E-state index contributed by atoms with van der Waals surface area (Å²) in [7, 11) is 0. The van der Waals surface area contributed by atoms with Crippen LogP contribution in [0.5, 0.6) is 0 Å². The first-order valence-corrected chi connectivity index (χ1v) is 7.59. The number of nitrogens with zero attached hydrogens (tertiary/aromatic N) is 4. The Balaban J connectivity index is 1.75. The zero-order valence-corrected chi connectivity index (χ0v) is 13.6. The zero-order chi connectivity index (χ0) is 18.1. The van der Waals surface area contributed by atoms with Gasteiger partial charge in [-0.3, -0.25) is 24.3 Å². The number of esters is 2. The van der Waals surface area contributed by atoms with Crippen LogP contribution in [-0.2, 0) is 28.6 Å². The van der Waals surface area contributed by atoms with Gasteiger partial charge in [-0.2, -0.15) is 9.98 Å². The molecule has 3 aliphatic heterocycles. The molecule has 2 N–H and O–H groups in total. The molecular formula is C14H17N5O6. The monoisotopic (exact) mass is 351 g/mol. The van der Waals surface area contributed by atoms with Gasteiger partial charge >= 0.3 is 11.9 Å². The van der Waals surface area contributed by atoms with Crippen LogP contribution >= 0.6 is 0 Å². The van der Waals surface area contributed by atoms with Gasteiger partial charge in [0.15, 0.2) is 11.9 Å². The van der Waals surface area contributed by atoms with Gasteiger partial charge in [0.25, 0.3) is 5.91 Å². The van der Waals surface area contributed by atoms with Gasteiger partial charge in [0.05, 0.1) is 6.34 Å². The van der Waals surface area contributed by atoms with Crippen molar-refractivity contribution in [3.05, 3.63) is 0 Å². The number of carbonyl (C=O) groups is 3. The van der Waals surface area contributed by atoms with Crippen LogP contribution < -0.4 is 5.73 Å². The fourth-order valence-corrected chi connectivity index (χ4v) is 2.79. The van der Waals surface area contributed by atoms with Crippen LogP contribution in [0.2, 0.25) is 0 Å². The molecule has 1 saturated heterocycles. The highest BCUT2D eigenvalue weighted by Gasteiger charge is 2.46. The van der Waals surface area contributed by atoms with E-state index in [0.29, 0.717) is 5.84 Å². The lowest BCUT2D eigenvalue weighted by Gasteiger charge is -2.25. The predicted octanol–water partition coefficient (Wildman–Crippen LogP) is -1.44. The van der Waals surface area contributed by atoms with E-state index in [-0.39, 0.29) is 19.0 Å². The number of rotatable bonds is 4. The van der Waals surface area contributed by atoms with Crippen molar-refractivity contribution in [3.63, 3.8) is 0 Å². The van der Waals surface area contributed by atoms with E-state index < -0.39 is 42.3 Å². The Morgan fingerprint density at radius 1 is 1.36 bits per heavy atom. The lowest BCUT2D eigenvalue weighted by Crippen LogP contribution is -2.44. The second kappa shape index (κ2) is 6.59. The van der Waals surface area contributed by atoms with Gasteiger partial charge in [-0.25, -0.2) is 0 Å². The number of amidine groups is 1. The van der Waals surface area contributed by atoms with E-state index in [1.807, 2.05) is 0 Å². The van der Waals surface area contributed by atoms with E-state index in [9.17, 15) is 14.4 Å². The van der Waals surface area contributed by atoms with E-state index in [2.05, 4.69) is 15.0 Å². The third-order valence-electron chi connectivity index (χ3n) is 3.80. The average molecular weight is 351 g/mol. The maximum atomic E-state index is 11.8. The quantitative estimate of drug-likeness (QED) is 0.606. The smallest absolute Gasteiger partial charge is 0.303 e. The molecule has 11 nitrogen and oxygen atoms in total. The summed E-state index contributed by atoms with van der Waals surface area (Å²) in [5, 5.41) is 0. The van der Waals surface area contributed by atoms with Crippen LogP contribution in [0.1, 0.15) is 20.3 Å². The predicted molar refractivity (Wildman–Crippen MR) is 83.6 cm³/mol. The Morgan fingerprint density at radius 3 is 2.80 bits per heavy atom. The van der Waals surface area contributed by atoms with Crippen molar-refractivity contribution < 1.29 is 28.6 Å². The first kappa shape index (κ1) is 17.0. The van der Waals surface area contributed by atoms with Crippen molar-refractivity contribution in [1.82, 2.24) is 4.90 Å². The molecule has 1 unspecified atom stereocenters. The summed E-state index contributed by atoms with van der Waals surface area (Å²) >= 11 is 0. The molecule has 0 aromatic heterocycles. The maximum Gasteiger partial charge on any atom is 0.303 e. The van der Waals surface area contributed by atoms with E-state index in [0.717, 1.165) is 0 Å². The highest BCUT2D eigenvalue weighted by Crippen LogP contribution is 2.29. The number of hydrogen-bond donors (Lipinski definition) is 1. The van der Waals surface area contributed by atoms with Gasteiger partial charge in [-0.05, 0) is 0 Å². The molecule has 3 rings (SSSR count). The normalized spacial score (nSPS) is 30.6. The zero-order valence-electron chi connectivity index (χ0n) is 13.6. The van der Waals surface area contributed by atoms with E-state index in [1.165, 1.54) is 20.2 Å². The van der Waals surface area contributed by atoms with Crippen LogP contribution in [-0.4, -0.2) is 72.0 Å². The molecule has 4 atom stereocenters. The van der Waals surface area contributed by atoms with Crippen molar-refractivity contribution in [1.29, 1.82) is 0 Å². The molecule has 0 spiro atoms. The summed E-state index contributed by atoms with van der Waals surface area (Å²) in [4.78, 5) is 47.4. The average Bonchev–Trinajstić information content (AvgIpc) is 3.08. The number of hydrogen-bond acceptors (Lipinski definition) is 10. The van der Waals surface area contributed by atoms with Crippen molar-refractivity contribution in [2.24, 2.45) is 20.7 Å². The fraction of sp³-hybridized carbons (Fsp3) is 0.571. The van der Waals surface area contributed by atoms with Crippen molar-refractivity contribution in [2.75, 3.05) is 6.61 Å². The Morgan fingerprint density at radius 2 is 2.12 bits per heavy atom. The molecule has 134 valence electrons. The molecule has 0 aromatic carbocycles. The number of guanidine groups is 1. The maximum absolute atomic E-state index is 11.8. The molecule has 25 heavy (non-hydrogen) atoms. The minimum Gasteiger partial charge on any atom is -0.463 e. The molecule has 0 bridgehead atoms. The second-order valence-corrected chi connectivity index (χ2v) is 5.67. The number of fused-ring (bicyclic) bond motifs is 1. The summed E-state index contributed by atoms with van der Waals surface area (Å²) in [6, 6.07) is -0.851. The van der Waals surface area contributed by atoms with Crippen LogP contribution in [0.4, 0.5) is 0 Å². The largest absolute Gasteiger partial charge is 0.463 e. The lowest BCUT2D eigenvalue weighted by molar-refractivity contribution is -0.155. The fourth-order valence-electron chi connectivity index (χ4n) is 2.79. The summed E-state index contributed by atoms with van der Waals surface area (Å²) in [6.07, 6.45) is -0.152. The van der Waals surface area contributed by atoms with Gasteiger partial charge < -0.3 is 19.9 Å². The molecule has 0 saturated carbocycles. The van der Waals surface area contributed by atoms with Crippen LogP contribution in [0.3, 0.4) is 0 Å². The van der Waals surface area contributed by atoms with Crippen LogP contribution in [0.15, 0.2) is 15.0 Å². The molecule has 3 aliphatic rings. The van der Waals surface area contributed by atoms with Crippen molar-refractivity contribution in [2.45, 2.75) is 44.7 Å². The highest BCUT2D eigenvalue weighted by molar-refractivity contribution is 6.21. The van der Waals surface area contributed by atoms with Gasteiger partial charge in [-0.1, -0.05) is 0 Å². The van der Waals surface area contributed by atoms with E-state index in [1.54, 1.807) is 4.90 Å². The number of aliphatic imine (C=N–C) groups is 3. The summed E-state index contributed by atoms with van der Waals surface area (Å²) in [5.41, 5.74) is 5.54.